The number of carboxylic acids is 1. The van der Waals surface area contributed by atoms with Gasteiger partial charge in [-0.1, -0.05) is 34.4 Å². The van der Waals surface area contributed by atoms with Gasteiger partial charge in [-0.05, 0) is 62.2 Å². The number of unbranched alkanes of at least 4 members (excludes halogenated alkanes) is 1. The van der Waals surface area contributed by atoms with Crippen LogP contribution in [0.3, 0.4) is 0 Å². The summed E-state index contributed by atoms with van der Waals surface area (Å²) >= 11 is 11.9. The van der Waals surface area contributed by atoms with Crippen LogP contribution in [0.5, 0.6) is 5.75 Å². The molecule has 10 nitrogen and oxygen atoms in total. The van der Waals surface area contributed by atoms with Crippen molar-refractivity contribution in [3.63, 3.8) is 0 Å². The van der Waals surface area contributed by atoms with Crippen molar-refractivity contribution < 1.29 is 29.0 Å². The summed E-state index contributed by atoms with van der Waals surface area (Å²) in [5, 5.41) is 26.4. The van der Waals surface area contributed by atoms with Crippen LogP contribution in [0.25, 0.3) is 16.6 Å². The quantitative estimate of drug-likeness (QED) is 0.156. The van der Waals surface area contributed by atoms with Crippen LogP contribution in [0.4, 0.5) is 10.1 Å². The van der Waals surface area contributed by atoms with Gasteiger partial charge in [0.2, 0.25) is 5.60 Å². The number of halogens is 3. The lowest BCUT2D eigenvalue weighted by molar-refractivity contribution is -0.137. The first-order chi connectivity index (χ1) is 20.4. The Morgan fingerprint density at radius 1 is 1.09 bits per heavy atom. The number of carbonyl (C=O) groups is 2. The van der Waals surface area contributed by atoms with E-state index in [0.29, 0.717) is 53.0 Å². The van der Waals surface area contributed by atoms with Crippen molar-refractivity contribution in [3.8, 4) is 11.4 Å². The van der Waals surface area contributed by atoms with Crippen LogP contribution >= 0.6 is 23.2 Å². The Labute approximate surface area is 254 Å². The highest BCUT2D eigenvalue weighted by atomic mass is 35.5. The number of aromatic hydroxyl groups is 1. The maximum Gasteiger partial charge on any atom is 0.303 e. The molecule has 43 heavy (non-hydrogen) atoms. The lowest BCUT2D eigenvalue weighted by atomic mass is 9.94. The monoisotopic (exact) mass is 626 g/mol. The number of aryl methyl sites for hydroxylation is 1. The molecule has 222 valence electrons. The summed E-state index contributed by atoms with van der Waals surface area (Å²) in [4.78, 5) is 48.0. The van der Waals surface area contributed by atoms with Gasteiger partial charge in [0.15, 0.2) is 0 Å². The van der Waals surface area contributed by atoms with E-state index in [9.17, 15) is 23.9 Å². The van der Waals surface area contributed by atoms with E-state index in [2.05, 4.69) is 10.5 Å². The number of nitrogens with one attached hydrogen (secondary N) is 1. The maximum atomic E-state index is 13.6. The fraction of sp³-hybridized carbons (Fsp3) is 0.233. The number of amides is 1. The summed E-state index contributed by atoms with van der Waals surface area (Å²) in [6, 6.07) is 12.9. The van der Waals surface area contributed by atoms with Crippen molar-refractivity contribution in [1.82, 2.24) is 9.55 Å². The number of benzene rings is 3. The Morgan fingerprint density at radius 2 is 1.81 bits per heavy atom. The van der Waals surface area contributed by atoms with Crippen molar-refractivity contribution in [2.45, 2.75) is 44.6 Å². The second-order valence-electron chi connectivity index (χ2n) is 10.3. The minimum Gasteiger partial charge on any atom is -0.506 e. The molecule has 1 aliphatic rings. The molecule has 1 atom stereocenters. The van der Waals surface area contributed by atoms with Crippen LogP contribution in [-0.4, -0.2) is 43.0 Å². The Kier molecular flexibility index (Phi) is 8.38. The molecule has 1 amide bonds. The summed E-state index contributed by atoms with van der Waals surface area (Å²) < 4.78 is 15.0. The third-order valence-electron chi connectivity index (χ3n) is 7.03. The molecule has 1 aromatic heterocycles. The van der Waals surface area contributed by atoms with Crippen LogP contribution in [0.1, 0.15) is 44.0 Å². The third-order valence-corrected chi connectivity index (χ3v) is 7.75. The number of anilines is 1. The van der Waals surface area contributed by atoms with Gasteiger partial charge in [0.05, 0.1) is 38.0 Å². The summed E-state index contributed by atoms with van der Waals surface area (Å²) in [6.07, 6.45) is 1.22. The number of phenolic OH excluding ortho intramolecular Hbond substituents is 1. The molecular weight excluding hydrogens is 602 g/mol. The molecule has 0 saturated carbocycles. The lowest BCUT2D eigenvalue weighted by Crippen LogP contribution is -2.40. The first-order valence-corrected chi connectivity index (χ1v) is 14.0. The van der Waals surface area contributed by atoms with Crippen LogP contribution in [0, 0.1) is 5.82 Å². The number of nitrogens with zero attached hydrogens (tertiary/aromatic N) is 3. The van der Waals surface area contributed by atoms with Gasteiger partial charge in [-0.25, -0.2) is 9.37 Å². The van der Waals surface area contributed by atoms with Crippen molar-refractivity contribution in [2.75, 3.05) is 5.32 Å². The van der Waals surface area contributed by atoms with Crippen molar-refractivity contribution >= 4 is 57.4 Å². The summed E-state index contributed by atoms with van der Waals surface area (Å²) in [6.45, 7) is 1.54. The van der Waals surface area contributed by atoms with Crippen molar-refractivity contribution in [1.29, 1.82) is 0 Å². The number of carbonyl (C=O) groups excluding carboxylic acids is 1. The Morgan fingerprint density at radius 3 is 2.53 bits per heavy atom. The Balaban J connectivity index is 1.43. The van der Waals surface area contributed by atoms with Crippen LogP contribution in [-0.2, 0) is 20.8 Å². The second kappa shape index (κ2) is 12.0. The molecule has 0 fully saturated rings. The van der Waals surface area contributed by atoms with E-state index in [4.69, 9.17) is 38.1 Å². The normalized spacial score (nSPS) is 16.1. The molecule has 2 heterocycles. The first-order valence-electron chi connectivity index (χ1n) is 13.2. The Bertz CT molecular complexity index is 1840. The summed E-state index contributed by atoms with van der Waals surface area (Å²) in [7, 11) is 0. The molecule has 4 aromatic rings. The Hall–Kier alpha value is -4.48. The zero-order chi connectivity index (χ0) is 30.9. The van der Waals surface area contributed by atoms with Crippen LogP contribution in [0.15, 0.2) is 64.5 Å². The molecule has 3 N–H and O–H groups in total. The molecule has 3 aromatic carbocycles. The minimum atomic E-state index is -1.42. The van der Waals surface area contributed by atoms with E-state index in [-0.39, 0.29) is 39.9 Å². The number of aromatic nitrogens is 2. The number of hydrogen-bond donors (Lipinski definition) is 3. The van der Waals surface area contributed by atoms with E-state index in [1.165, 1.54) is 41.0 Å². The zero-order valence-corrected chi connectivity index (χ0v) is 24.2. The van der Waals surface area contributed by atoms with Crippen LogP contribution in [0.2, 0.25) is 10.0 Å². The van der Waals surface area contributed by atoms with E-state index < -0.39 is 23.3 Å². The van der Waals surface area contributed by atoms with Gasteiger partial charge < -0.3 is 20.4 Å². The number of hydrogen-bond acceptors (Lipinski definition) is 7. The zero-order valence-electron chi connectivity index (χ0n) is 22.7. The third kappa shape index (κ3) is 6.32. The average molecular weight is 627 g/mol. The topological polar surface area (TPSA) is 143 Å². The van der Waals surface area contributed by atoms with Crippen molar-refractivity contribution in [2.24, 2.45) is 5.16 Å². The van der Waals surface area contributed by atoms with Crippen LogP contribution < -0.4 is 10.9 Å². The predicted octanol–water partition coefficient (Wildman–Crippen LogP) is 5.86. The molecule has 0 radical (unpaired) electrons. The fourth-order valence-electron chi connectivity index (χ4n) is 4.70. The van der Waals surface area contributed by atoms with Gasteiger partial charge in [-0.2, -0.15) is 0 Å². The van der Waals surface area contributed by atoms with Gasteiger partial charge >= 0.3 is 5.97 Å². The fourth-order valence-corrected chi connectivity index (χ4v) is 5.02. The van der Waals surface area contributed by atoms with Gasteiger partial charge in [0, 0.05) is 30.9 Å². The first kappa shape index (κ1) is 30.0. The summed E-state index contributed by atoms with van der Waals surface area (Å²) in [5.74, 6) is -1.82. The molecule has 1 aliphatic heterocycles. The number of carboxylic acid groups (broad SMARTS) is 1. The maximum absolute atomic E-state index is 13.6. The van der Waals surface area contributed by atoms with Gasteiger partial charge in [-0.3, -0.25) is 19.0 Å². The standard InChI is InChI=1S/C30H25Cl2FN4O6/c1-30(29(42)35-23-13-20(31)21(32)14-25(23)38)15-24(36-43-30)16-6-11-19-22(12-16)34-26(4-2-3-5-27(39)40)37(28(19)41)18-9-7-17(33)8-10-18/h6-14,38H,2-5,15H2,1H3,(H,35,42)(H,39,40). The average Bonchev–Trinajstić information content (AvgIpc) is 3.38. The molecule has 1 unspecified atom stereocenters. The van der Waals surface area contributed by atoms with E-state index in [1.54, 1.807) is 25.1 Å². The highest BCUT2D eigenvalue weighted by Crippen LogP contribution is 2.35. The van der Waals surface area contributed by atoms with Gasteiger partial charge in [0.1, 0.15) is 17.4 Å². The van der Waals surface area contributed by atoms with Gasteiger partial charge in [0.25, 0.3) is 11.5 Å². The number of aliphatic carboxylic acids is 1. The highest BCUT2D eigenvalue weighted by Gasteiger charge is 2.42. The van der Waals surface area contributed by atoms with E-state index >= 15 is 0 Å². The minimum absolute atomic E-state index is 0.0185. The molecule has 0 spiro atoms. The number of fused-ring (bicyclic) bond motifs is 1. The number of oxime groups is 1. The lowest BCUT2D eigenvalue weighted by Gasteiger charge is -2.21. The molecule has 0 saturated heterocycles. The van der Waals surface area contributed by atoms with E-state index in [1.807, 2.05) is 0 Å². The SMILES string of the molecule is CC1(C(=O)Nc2cc(Cl)c(Cl)cc2O)CC(c2ccc3c(=O)n(-c4ccc(F)cc4)c(CCCCC(=O)O)nc3c2)=NO1. The molecule has 0 aliphatic carbocycles. The van der Waals surface area contributed by atoms with Gasteiger partial charge in [-0.15, -0.1) is 0 Å². The second-order valence-corrected chi connectivity index (χ2v) is 11.1. The highest BCUT2D eigenvalue weighted by molar-refractivity contribution is 6.42. The largest absolute Gasteiger partial charge is 0.506 e. The molecule has 5 rings (SSSR count). The van der Waals surface area contributed by atoms with Crippen molar-refractivity contribution in [3.05, 3.63) is 92.2 Å². The molecule has 13 heteroatoms. The number of phenols is 1. The smallest absolute Gasteiger partial charge is 0.303 e. The van der Waals surface area contributed by atoms with E-state index in [0.717, 1.165) is 0 Å². The predicted molar refractivity (Wildman–Crippen MR) is 160 cm³/mol. The summed E-state index contributed by atoms with van der Waals surface area (Å²) in [5.41, 5.74) is 0.0806. The molecule has 0 bridgehead atoms. The molecular formula is C30H25Cl2FN4O6. The number of rotatable bonds is 9.